The molecule has 0 atom stereocenters. The van der Waals surface area contributed by atoms with Gasteiger partial charge in [0.25, 0.3) is 0 Å². The van der Waals surface area contributed by atoms with Crippen LogP contribution in [-0.4, -0.2) is 15.2 Å². The molecule has 1 aliphatic carbocycles. The maximum Gasteiger partial charge on any atom is 0.136 e. The molecular formula is C17H24INO. The Kier molecular flexibility index (Phi) is 6.46. The van der Waals surface area contributed by atoms with Crippen molar-refractivity contribution >= 4 is 28.4 Å². The van der Waals surface area contributed by atoms with E-state index in [1.165, 1.54) is 24.1 Å². The molecule has 0 saturated heterocycles. The molecule has 2 nitrogen and oxygen atoms in total. The van der Waals surface area contributed by atoms with Crippen molar-refractivity contribution in [1.82, 2.24) is 4.98 Å². The predicted octanol–water partition coefficient (Wildman–Crippen LogP) is 4.31. The lowest BCUT2D eigenvalue weighted by molar-refractivity contribution is -0.122. The third-order valence-electron chi connectivity index (χ3n) is 4.17. The first-order valence-electron chi connectivity index (χ1n) is 7.80. The summed E-state index contributed by atoms with van der Waals surface area (Å²) in [5.41, 5.74) is 3.64. The van der Waals surface area contributed by atoms with E-state index >= 15 is 0 Å². The van der Waals surface area contributed by atoms with Crippen molar-refractivity contribution in [2.24, 2.45) is 5.92 Å². The lowest BCUT2D eigenvalue weighted by atomic mass is 9.96. The molecule has 0 aromatic carbocycles. The maximum atomic E-state index is 12.2. The van der Waals surface area contributed by atoms with E-state index in [2.05, 4.69) is 46.6 Å². The molecule has 1 aromatic rings. The highest BCUT2D eigenvalue weighted by molar-refractivity contribution is 14.1. The Bertz CT molecular complexity index is 452. The number of halogens is 1. The van der Waals surface area contributed by atoms with Gasteiger partial charge in [0.1, 0.15) is 5.78 Å². The minimum absolute atomic E-state index is 0.358. The van der Waals surface area contributed by atoms with Crippen molar-refractivity contribution in [2.45, 2.75) is 58.3 Å². The molecule has 3 heteroatoms. The number of carbonyl (C=O) groups is 1. The lowest BCUT2D eigenvalue weighted by Gasteiger charge is -2.10. The second kappa shape index (κ2) is 8.11. The van der Waals surface area contributed by atoms with Crippen molar-refractivity contribution in [3.8, 4) is 0 Å². The first-order chi connectivity index (χ1) is 9.72. The zero-order valence-electron chi connectivity index (χ0n) is 12.3. The van der Waals surface area contributed by atoms with Crippen LogP contribution in [0.4, 0.5) is 0 Å². The minimum Gasteiger partial charge on any atom is -0.299 e. The van der Waals surface area contributed by atoms with Crippen LogP contribution in [0.15, 0.2) is 12.1 Å². The molecular weight excluding hydrogens is 361 g/mol. The zero-order valence-corrected chi connectivity index (χ0v) is 14.5. The topological polar surface area (TPSA) is 30.0 Å². The summed E-state index contributed by atoms with van der Waals surface area (Å²) in [4.78, 5) is 16.8. The Morgan fingerprint density at radius 2 is 1.95 bits per heavy atom. The number of alkyl halides is 1. The first kappa shape index (κ1) is 15.9. The smallest absolute Gasteiger partial charge is 0.136 e. The van der Waals surface area contributed by atoms with Crippen LogP contribution in [0.5, 0.6) is 0 Å². The fraction of sp³-hybridized carbons (Fsp3) is 0.647. The molecule has 1 saturated carbocycles. The van der Waals surface area contributed by atoms with Crippen molar-refractivity contribution < 1.29 is 4.79 Å². The Hall–Kier alpha value is -0.450. The molecule has 0 radical (unpaired) electrons. The summed E-state index contributed by atoms with van der Waals surface area (Å²) in [6.07, 6.45) is 8.32. The van der Waals surface area contributed by atoms with Crippen LogP contribution < -0.4 is 0 Å². The van der Waals surface area contributed by atoms with Crippen LogP contribution in [0.1, 0.15) is 56.0 Å². The van der Waals surface area contributed by atoms with E-state index in [4.69, 9.17) is 0 Å². The molecule has 110 valence electrons. The molecule has 20 heavy (non-hydrogen) atoms. The van der Waals surface area contributed by atoms with E-state index in [0.717, 1.165) is 42.2 Å². The number of nitrogens with zero attached hydrogens (tertiary/aromatic N) is 1. The van der Waals surface area contributed by atoms with Crippen LogP contribution in [0, 0.1) is 5.92 Å². The van der Waals surface area contributed by atoms with Gasteiger partial charge in [0.15, 0.2) is 0 Å². The summed E-state index contributed by atoms with van der Waals surface area (Å²) in [6, 6.07) is 4.37. The van der Waals surface area contributed by atoms with Crippen molar-refractivity contribution in [2.75, 3.05) is 4.43 Å². The molecule has 0 spiro atoms. The van der Waals surface area contributed by atoms with Gasteiger partial charge in [-0.3, -0.25) is 9.78 Å². The Morgan fingerprint density at radius 3 is 2.60 bits per heavy atom. The van der Waals surface area contributed by atoms with Crippen molar-refractivity contribution in [3.05, 3.63) is 29.1 Å². The quantitative estimate of drug-likeness (QED) is 0.517. The number of pyridine rings is 1. The van der Waals surface area contributed by atoms with E-state index in [0.29, 0.717) is 18.1 Å². The van der Waals surface area contributed by atoms with Crippen molar-refractivity contribution in [1.29, 1.82) is 0 Å². The highest BCUT2D eigenvalue weighted by Crippen LogP contribution is 2.27. The highest BCUT2D eigenvalue weighted by Gasteiger charge is 2.22. The Labute approximate surface area is 135 Å². The molecule has 0 bridgehead atoms. The molecule has 1 aliphatic rings. The van der Waals surface area contributed by atoms with E-state index in [1.807, 2.05) is 0 Å². The van der Waals surface area contributed by atoms with Crippen LogP contribution in [0.25, 0.3) is 0 Å². The second-order valence-electron chi connectivity index (χ2n) is 5.70. The summed E-state index contributed by atoms with van der Waals surface area (Å²) in [6.45, 7) is 2.14. The number of aryl methyl sites for hydroxylation is 3. The van der Waals surface area contributed by atoms with Crippen molar-refractivity contribution in [3.63, 3.8) is 0 Å². The van der Waals surface area contributed by atoms with E-state index in [1.54, 1.807) is 0 Å². The zero-order chi connectivity index (χ0) is 14.4. The SMILES string of the molecule is CCc1cc(CCC(=O)C2CCCC2)cc(CCI)n1. The van der Waals surface area contributed by atoms with Crippen LogP contribution in [0.3, 0.4) is 0 Å². The third-order valence-corrected chi connectivity index (χ3v) is 4.71. The normalized spacial score (nSPS) is 15.7. The van der Waals surface area contributed by atoms with Gasteiger partial charge in [0.05, 0.1) is 0 Å². The lowest BCUT2D eigenvalue weighted by Crippen LogP contribution is -2.11. The average molecular weight is 385 g/mol. The minimum atomic E-state index is 0.358. The number of carbonyl (C=O) groups excluding carboxylic acids is 1. The van der Waals surface area contributed by atoms with E-state index < -0.39 is 0 Å². The summed E-state index contributed by atoms with van der Waals surface area (Å²) < 4.78 is 1.10. The predicted molar refractivity (Wildman–Crippen MR) is 91.5 cm³/mol. The van der Waals surface area contributed by atoms with Gasteiger partial charge in [0, 0.05) is 28.2 Å². The molecule has 1 heterocycles. The van der Waals surface area contributed by atoms with Crippen LogP contribution in [0.2, 0.25) is 0 Å². The standard InChI is InChI=1S/C17H24INO/c1-2-15-11-13(12-16(19-15)9-10-18)7-8-17(20)14-5-3-4-6-14/h11-12,14H,2-10H2,1H3. The molecule has 1 aromatic heterocycles. The molecule has 1 fully saturated rings. The Balaban J connectivity index is 1.97. The van der Waals surface area contributed by atoms with Crippen LogP contribution in [-0.2, 0) is 24.1 Å². The van der Waals surface area contributed by atoms with Gasteiger partial charge in [-0.25, -0.2) is 0 Å². The van der Waals surface area contributed by atoms with Gasteiger partial charge in [-0.2, -0.15) is 0 Å². The van der Waals surface area contributed by atoms with E-state index in [9.17, 15) is 4.79 Å². The fourth-order valence-electron chi connectivity index (χ4n) is 2.99. The largest absolute Gasteiger partial charge is 0.299 e. The van der Waals surface area contributed by atoms with E-state index in [-0.39, 0.29) is 0 Å². The van der Waals surface area contributed by atoms with Gasteiger partial charge >= 0.3 is 0 Å². The number of rotatable bonds is 7. The summed E-state index contributed by atoms with van der Waals surface area (Å²) in [5.74, 6) is 0.837. The number of ketones is 1. The molecule has 2 rings (SSSR count). The van der Waals surface area contributed by atoms with Gasteiger partial charge in [-0.15, -0.1) is 0 Å². The second-order valence-corrected chi connectivity index (χ2v) is 6.78. The number of hydrogen-bond acceptors (Lipinski definition) is 2. The number of Topliss-reactive ketones (excluding diaryl/α,β-unsaturated/α-hetero) is 1. The summed E-state index contributed by atoms with van der Waals surface area (Å²) in [7, 11) is 0. The molecule has 0 N–H and O–H groups in total. The molecule has 0 amide bonds. The average Bonchev–Trinajstić information content (AvgIpc) is 2.99. The van der Waals surface area contributed by atoms with Crippen LogP contribution >= 0.6 is 22.6 Å². The fourth-order valence-corrected chi connectivity index (χ4v) is 3.54. The number of aromatic nitrogens is 1. The summed E-state index contributed by atoms with van der Waals surface area (Å²) in [5, 5.41) is 0. The molecule has 0 aliphatic heterocycles. The highest BCUT2D eigenvalue weighted by atomic mass is 127. The monoisotopic (exact) mass is 385 g/mol. The first-order valence-corrected chi connectivity index (χ1v) is 9.33. The van der Waals surface area contributed by atoms with Gasteiger partial charge in [0.2, 0.25) is 0 Å². The van der Waals surface area contributed by atoms with Gasteiger partial charge in [-0.05, 0) is 49.8 Å². The Morgan fingerprint density at radius 1 is 1.25 bits per heavy atom. The van der Waals surface area contributed by atoms with Gasteiger partial charge in [-0.1, -0.05) is 42.4 Å². The number of hydrogen-bond donors (Lipinski definition) is 0. The van der Waals surface area contributed by atoms with Gasteiger partial charge < -0.3 is 0 Å². The molecule has 0 unspecified atom stereocenters. The third kappa shape index (κ3) is 4.54. The summed E-state index contributed by atoms with van der Waals surface area (Å²) >= 11 is 2.39. The maximum absolute atomic E-state index is 12.2.